The van der Waals surface area contributed by atoms with Gasteiger partial charge in [0.05, 0.1) is 25.4 Å². The summed E-state index contributed by atoms with van der Waals surface area (Å²) in [5.74, 6) is 1.98. The molecule has 0 aliphatic carbocycles. The Bertz CT molecular complexity index is 627. The van der Waals surface area contributed by atoms with E-state index in [4.69, 9.17) is 14.2 Å². The lowest BCUT2D eigenvalue weighted by Crippen LogP contribution is -2.49. The number of likely N-dealkylation sites (tertiary alicyclic amines) is 1. The molecule has 0 saturated carbocycles. The number of hydrogen-bond donors (Lipinski definition) is 1. The minimum Gasteiger partial charge on any atom is -0.488 e. The maximum Gasteiger partial charge on any atom is 0.193 e. The summed E-state index contributed by atoms with van der Waals surface area (Å²) in [7, 11) is 1.86. The van der Waals surface area contributed by atoms with E-state index in [1.165, 1.54) is 18.4 Å². The van der Waals surface area contributed by atoms with Gasteiger partial charge in [0.1, 0.15) is 11.9 Å². The SMILES string of the molecule is CN=C(NCC1Cc2ccccc2O1)N1CCC(OCC2CCCCO2)CC1. The standard InChI is InChI=1S/C22H33N3O3/c1-23-22(24-15-20-14-17-6-2-3-8-21(17)28-20)25-11-9-18(10-12-25)27-16-19-7-4-5-13-26-19/h2-3,6,8,18-20H,4-5,7,9-16H2,1H3,(H,23,24). The normalized spacial score (nSPS) is 26.0. The lowest BCUT2D eigenvalue weighted by molar-refractivity contribution is -0.0721. The van der Waals surface area contributed by atoms with Crippen molar-refractivity contribution in [2.24, 2.45) is 4.99 Å². The Hall–Kier alpha value is -1.79. The quantitative estimate of drug-likeness (QED) is 0.622. The lowest BCUT2D eigenvalue weighted by Gasteiger charge is -2.35. The van der Waals surface area contributed by atoms with Gasteiger partial charge in [-0.05, 0) is 43.7 Å². The average molecular weight is 388 g/mol. The van der Waals surface area contributed by atoms with Crippen molar-refractivity contribution in [2.75, 3.05) is 39.9 Å². The third-order valence-corrected chi connectivity index (χ3v) is 5.95. The molecular formula is C22H33N3O3. The number of nitrogens with one attached hydrogen (secondary N) is 1. The summed E-state index contributed by atoms with van der Waals surface area (Å²) in [6.45, 7) is 4.36. The first-order chi connectivity index (χ1) is 13.8. The van der Waals surface area contributed by atoms with E-state index in [1.807, 2.05) is 19.2 Å². The van der Waals surface area contributed by atoms with Crippen LogP contribution in [0.2, 0.25) is 0 Å². The second-order valence-electron chi connectivity index (χ2n) is 7.99. The maximum atomic E-state index is 6.13. The van der Waals surface area contributed by atoms with Gasteiger partial charge in [0.2, 0.25) is 0 Å². The molecule has 2 atom stereocenters. The minimum atomic E-state index is 0.172. The molecule has 2 unspecified atom stereocenters. The number of guanidine groups is 1. The Kier molecular flexibility index (Phi) is 6.70. The van der Waals surface area contributed by atoms with Gasteiger partial charge in [-0.15, -0.1) is 0 Å². The molecule has 6 nitrogen and oxygen atoms in total. The van der Waals surface area contributed by atoms with Crippen LogP contribution < -0.4 is 10.1 Å². The fourth-order valence-electron chi connectivity index (χ4n) is 4.32. The first-order valence-electron chi connectivity index (χ1n) is 10.7. The van der Waals surface area contributed by atoms with Crippen LogP contribution in [0, 0.1) is 0 Å². The van der Waals surface area contributed by atoms with E-state index in [1.54, 1.807) is 0 Å². The largest absolute Gasteiger partial charge is 0.488 e. The van der Waals surface area contributed by atoms with Gasteiger partial charge in [-0.3, -0.25) is 4.99 Å². The highest BCUT2D eigenvalue weighted by Crippen LogP contribution is 2.27. The third kappa shape index (κ3) is 4.97. The summed E-state index contributed by atoms with van der Waals surface area (Å²) >= 11 is 0. The monoisotopic (exact) mass is 387 g/mol. The molecule has 4 rings (SSSR count). The number of hydrogen-bond acceptors (Lipinski definition) is 4. The molecule has 0 bridgehead atoms. The summed E-state index contributed by atoms with van der Waals surface area (Å²) in [4.78, 5) is 6.81. The van der Waals surface area contributed by atoms with Gasteiger partial charge in [-0.2, -0.15) is 0 Å². The predicted molar refractivity (Wildman–Crippen MR) is 110 cm³/mol. The predicted octanol–water partition coefficient (Wildman–Crippen LogP) is 2.62. The van der Waals surface area contributed by atoms with Crippen LogP contribution in [0.3, 0.4) is 0 Å². The Morgan fingerprint density at radius 1 is 1.18 bits per heavy atom. The summed E-state index contributed by atoms with van der Waals surface area (Å²) in [5.41, 5.74) is 1.30. The Labute approximate surface area is 168 Å². The third-order valence-electron chi connectivity index (χ3n) is 5.95. The number of fused-ring (bicyclic) bond motifs is 1. The number of para-hydroxylation sites is 1. The van der Waals surface area contributed by atoms with Crippen LogP contribution in [0.5, 0.6) is 5.75 Å². The zero-order valence-corrected chi connectivity index (χ0v) is 16.9. The van der Waals surface area contributed by atoms with Crippen molar-refractivity contribution in [1.29, 1.82) is 0 Å². The van der Waals surface area contributed by atoms with Crippen LogP contribution in [-0.4, -0.2) is 69.1 Å². The van der Waals surface area contributed by atoms with Crippen LogP contribution in [0.15, 0.2) is 29.3 Å². The summed E-state index contributed by atoms with van der Waals surface area (Å²) in [6.07, 6.45) is 7.46. The first kappa shape index (κ1) is 19.5. The fourth-order valence-corrected chi connectivity index (χ4v) is 4.32. The molecule has 2 fully saturated rings. The number of piperidine rings is 1. The van der Waals surface area contributed by atoms with Crippen molar-refractivity contribution in [3.8, 4) is 5.75 Å². The van der Waals surface area contributed by atoms with Crippen molar-refractivity contribution < 1.29 is 14.2 Å². The molecular weight excluding hydrogens is 354 g/mol. The number of aliphatic imine (C=N–C) groups is 1. The van der Waals surface area contributed by atoms with Crippen molar-refractivity contribution in [3.05, 3.63) is 29.8 Å². The van der Waals surface area contributed by atoms with Gasteiger partial charge in [-0.1, -0.05) is 18.2 Å². The number of ether oxygens (including phenoxy) is 3. The van der Waals surface area contributed by atoms with Gasteiger partial charge < -0.3 is 24.4 Å². The van der Waals surface area contributed by atoms with Crippen LogP contribution in [0.1, 0.15) is 37.7 Å². The molecule has 3 aliphatic heterocycles. The Balaban J connectivity index is 1.17. The maximum absolute atomic E-state index is 6.13. The van der Waals surface area contributed by atoms with E-state index >= 15 is 0 Å². The van der Waals surface area contributed by atoms with Crippen LogP contribution in [-0.2, 0) is 15.9 Å². The Morgan fingerprint density at radius 3 is 2.79 bits per heavy atom. The average Bonchev–Trinajstić information content (AvgIpc) is 3.17. The topological polar surface area (TPSA) is 55.3 Å². The van der Waals surface area contributed by atoms with Gasteiger partial charge in [0.25, 0.3) is 0 Å². The highest BCUT2D eigenvalue weighted by Gasteiger charge is 2.26. The molecule has 154 valence electrons. The van der Waals surface area contributed by atoms with Crippen LogP contribution >= 0.6 is 0 Å². The first-order valence-corrected chi connectivity index (χ1v) is 10.7. The molecule has 28 heavy (non-hydrogen) atoms. The molecule has 0 spiro atoms. The summed E-state index contributed by atoms with van der Waals surface area (Å²) in [6, 6.07) is 8.30. The Morgan fingerprint density at radius 2 is 2.04 bits per heavy atom. The highest BCUT2D eigenvalue weighted by molar-refractivity contribution is 5.80. The molecule has 3 aliphatic rings. The second kappa shape index (κ2) is 9.61. The fraction of sp³-hybridized carbons (Fsp3) is 0.682. The van der Waals surface area contributed by atoms with Gasteiger partial charge in [0, 0.05) is 33.2 Å². The van der Waals surface area contributed by atoms with E-state index < -0.39 is 0 Å². The van der Waals surface area contributed by atoms with Crippen molar-refractivity contribution >= 4 is 5.96 Å². The molecule has 1 aromatic carbocycles. The lowest BCUT2D eigenvalue weighted by atomic mass is 10.1. The smallest absolute Gasteiger partial charge is 0.193 e. The van der Waals surface area contributed by atoms with Gasteiger partial charge in [0.15, 0.2) is 5.96 Å². The molecule has 1 N–H and O–H groups in total. The van der Waals surface area contributed by atoms with E-state index in [0.29, 0.717) is 12.2 Å². The molecule has 6 heteroatoms. The van der Waals surface area contributed by atoms with Crippen molar-refractivity contribution in [3.63, 3.8) is 0 Å². The van der Waals surface area contributed by atoms with E-state index in [0.717, 1.165) is 70.2 Å². The molecule has 0 aromatic heterocycles. The summed E-state index contributed by atoms with van der Waals surface area (Å²) in [5, 5.41) is 3.50. The van der Waals surface area contributed by atoms with E-state index in [9.17, 15) is 0 Å². The molecule has 1 aromatic rings. The molecule has 0 radical (unpaired) electrons. The number of nitrogens with zero attached hydrogens (tertiary/aromatic N) is 2. The number of benzene rings is 1. The number of rotatable bonds is 5. The van der Waals surface area contributed by atoms with E-state index in [-0.39, 0.29) is 6.10 Å². The van der Waals surface area contributed by atoms with Gasteiger partial charge in [-0.25, -0.2) is 0 Å². The molecule has 3 heterocycles. The zero-order chi connectivity index (χ0) is 19.2. The van der Waals surface area contributed by atoms with Crippen LogP contribution in [0.25, 0.3) is 0 Å². The van der Waals surface area contributed by atoms with E-state index in [2.05, 4.69) is 27.3 Å². The molecule has 2 saturated heterocycles. The van der Waals surface area contributed by atoms with Crippen LogP contribution in [0.4, 0.5) is 0 Å². The second-order valence-corrected chi connectivity index (χ2v) is 7.99. The highest BCUT2D eigenvalue weighted by atomic mass is 16.5. The molecule has 0 amide bonds. The minimum absolute atomic E-state index is 0.172. The van der Waals surface area contributed by atoms with Gasteiger partial charge >= 0.3 is 0 Å². The van der Waals surface area contributed by atoms with Crippen molar-refractivity contribution in [2.45, 2.75) is 56.8 Å². The van der Waals surface area contributed by atoms with Crippen molar-refractivity contribution in [1.82, 2.24) is 10.2 Å². The zero-order valence-electron chi connectivity index (χ0n) is 16.9. The summed E-state index contributed by atoms with van der Waals surface area (Å²) < 4.78 is 17.9.